The van der Waals surface area contributed by atoms with Crippen molar-refractivity contribution in [2.45, 2.75) is 289 Å². The summed E-state index contributed by atoms with van der Waals surface area (Å²) < 4.78 is 23.7. The van der Waals surface area contributed by atoms with Crippen molar-refractivity contribution in [3.63, 3.8) is 0 Å². The zero-order chi connectivity index (χ0) is 53.5. The van der Waals surface area contributed by atoms with Gasteiger partial charge in [-0.3, -0.25) is 13.8 Å². The molecule has 0 radical (unpaired) electrons. The molecule has 1 amide bonds. The number of rotatable bonds is 56. The summed E-state index contributed by atoms with van der Waals surface area (Å²) in [7, 11) is 1.53. The predicted molar refractivity (Wildman–Crippen MR) is 318 cm³/mol. The van der Waals surface area contributed by atoms with Crippen LogP contribution >= 0.6 is 7.82 Å². The normalized spacial score (nSPS) is 14.3. The van der Waals surface area contributed by atoms with Crippen LogP contribution in [0.25, 0.3) is 0 Å². The van der Waals surface area contributed by atoms with Crippen molar-refractivity contribution in [1.29, 1.82) is 0 Å². The second-order valence-electron chi connectivity index (χ2n) is 22.1. The third kappa shape index (κ3) is 57.5. The number of hydrogen-bond acceptors (Lipinski definition) is 5. The van der Waals surface area contributed by atoms with E-state index in [1.165, 1.54) is 186 Å². The molecule has 0 saturated heterocycles. The van der Waals surface area contributed by atoms with Crippen LogP contribution in [0.2, 0.25) is 0 Å². The van der Waals surface area contributed by atoms with Crippen LogP contribution in [0.5, 0.6) is 0 Å². The van der Waals surface area contributed by atoms with E-state index in [9.17, 15) is 19.4 Å². The number of allylic oxidation sites excluding steroid dienone is 11. The summed E-state index contributed by atoms with van der Waals surface area (Å²) in [5, 5.41) is 13.9. The number of quaternary nitrogens is 1. The number of nitrogens with zero attached hydrogens (tertiary/aromatic N) is 1. The molecule has 9 heteroatoms. The van der Waals surface area contributed by atoms with Crippen LogP contribution in [0.1, 0.15) is 277 Å². The maximum absolute atomic E-state index is 13.0. The molecule has 0 aliphatic rings. The molecular formula is C64H120N2O6P+. The second-order valence-corrected chi connectivity index (χ2v) is 23.5. The Morgan fingerprint density at radius 1 is 0.466 bits per heavy atom. The lowest BCUT2D eigenvalue weighted by molar-refractivity contribution is -0.870. The van der Waals surface area contributed by atoms with Gasteiger partial charge in [-0.05, 0) is 83.5 Å². The molecule has 0 fully saturated rings. The van der Waals surface area contributed by atoms with Crippen molar-refractivity contribution in [3.05, 3.63) is 72.9 Å². The van der Waals surface area contributed by atoms with E-state index < -0.39 is 20.0 Å². The van der Waals surface area contributed by atoms with Gasteiger partial charge in [0.25, 0.3) is 0 Å². The zero-order valence-corrected chi connectivity index (χ0v) is 49.5. The highest BCUT2D eigenvalue weighted by atomic mass is 31.2. The molecule has 0 rings (SSSR count). The van der Waals surface area contributed by atoms with E-state index in [0.717, 1.165) is 70.6 Å². The number of phosphoric acid groups is 1. The molecule has 0 spiro atoms. The van der Waals surface area contributed by atoms with Crippen molar-refractivity contribution in [2.24, 2.45) is 0 Å². The van der Waals surface area contributed by atoms with E-state index in [0.29, 0.717) is 17.4 Å². The topological polar surface area (TPSA) is 105 Å². The molecule has 426 valence electrons. The van der Waals surface area contributed by atoms with Crippen LogP contribution in [0.3, 0.4) is 0 Å². The van der Waals surface area contributed by atoms with Gasteiger partial charge in [0, 0.05) is 6.42 Å². The molecule has 0 aromatic heterocycles. The van der Waals surface area contributed by atoms with E-state index >= 15 is 0 Å². The number of aliphatic hydroxyl groups is 1. The van der Waals surface area contributed by atoms with Gasteiger partial charge < -0.3 is 19.8 Å². The summed E-state index contributed by atoms with van der Waals surface area (Å²) in [5.74, 6) is -0.203. The largest absolute Gasteiger partial charge is 0.472 e. The summed E-state index contributed by atoms with van der Waals surface area (Å²) in [5.41, 5.74) is 0. The Kier molecular flexibility index (Phi) is 53.2. The molecule has 0 heterocycles. The number of carbonyl (C=O) groups excluding carboxylic acids is 1. The molecular weight excluding hydrogens is 924 g/mol. The average Bonchev–Trinajstić information content (AvgIpc) is 3.35. The minimum absolute atomic E-state index is 0.0478. The van der Waals surface area contributed by atoms with E-state index in [-0.39, 0.29) is 19.1 Å². The number of unbranched alkanes of at least 4 members (excludes halogenated alkanes) is 33. The van der Waals surface area contributed by atoms with E-state index in [1.807, 2.05) is 27.2 Å². The van der Waals surface area contributed by atoms with Crippen LogP contribution in [0.4, 0.5) is 0 Å². The lowest BCUT2D eigenvalue weighted by atomic mass is 10.0. The quantitative estimate of drug-likeness (QED) is 0.0243. The lowest BCUT2D eigenvalue weighted by Crippen LogP contribution is -2.45. The minimum atomic E-state index is -4.37. The van der Waals surface area contributed by atoms with Crippen LogP contribution in [-0.2, 0) is 18.4 Å². The summed E-state index contributed by atoms with van der Waals surface area (Å²) in [4.78, 5) is 23.3. The number of amides is 1. The zero-order valence-electron chi connectivity index (χ0n) is 48.6. The first-order valence-corrected chi connectivity index (χ1v) is 32.3. The smallest absolute Gasteiger partial charge is 0.387 e. The van der Waals surface area contributed by atoms with Gasteiger partial charge in [-0.2, -0.15) is 0 Å². The lowest BCUT2D eigenvalue weighted by Gasteiger charge is -2.25. The van der Waals surface area contributed by atoms with Crippen molar-refractivity contribution in [3.8, 4) is 0 Å². The van der Waals surface area contributed by atoms with E-state index in [2.05, 4.69) is 79.9 Å². The maximum atomic E-state index is 13.0. The molecule has 0 saturated carbocycles. The fourth-order valence-corrected chi connectivity index (χ4v) is 9.52. The van der Waals surface area contributed by atoms with Gasteiger partial charge in [0.15, 0.2) is 0 Å². The van der Waals surface area contributed by atoms with Crippen molar-refractivity contribution in [2.75, 3.05) is 40.9 Å². The molecule has 0 bridgehead atoms. The molecule has 0 aromatic carbocycles. The SMILES string of the molecule is CCCCCCC/C=C\C/C=C\C/C=C\CCCCCCCCC(=O)NC(COP(=O)(O)OCC[N+](C)(C)C)C(O)/C=C/CC/C=C/CC/C=C/CCCCCCCCCCCCCCCCCCCCCC. The third-order valence-electron chi connectivity index (χ3n) is 13.6. The predicted octanol–water partition coefficient (Wildman–Crippen LogP) is 19.0. The third-order valence-corrected chi connectivity index (χ3v) is 14.6. The van der Waals surface area contributed by atoms with Crippen LogP contribution in [0, 0.1) is 0 Å². The van der Waals surface area contributed by atoms with Crippen molar-refractivity contribution in [1.82, 2.24) is 5.32 Å². The molecule has 3 atom stereocenters. The van der Waals surface area contributed by atoms with Crippen LogP contribution < -0.4 is 5.32 Å². The van der Waals surface area contributed by atoms with Crippen LogP contribution in [0.15, 0.2) is 72.9 Å². The monoisotopic (exact) mass is 1040 g/mol. The fourth-order valence-electron chi connectivity index (χ4n) is 8.79. The van der Waals surface area contributed by atoms with Gasteiger partial charge in [0.1, 0.15) is 13.2 Å². The number of aliphatic hydroxyl groups excluding tert-OH is 1. The molecule has 0 aromatic rings. The molecule has 8 nitrogen and oxygen atoms in total. The maximum Gasteiger partial charge on any atom is 0.472 e. The Morgan fingerprint density at radius 3 is 1.19 bits per heavy atom. The average molecular weight is 1040 g/mol. The Morgan fingerprint density at radius 2 is 0.795 bits per heavy atom. The number of nitrogens with one attached hydrogen (secondary N) is 1. The van der Waals surface area contributed by atoms with Crippen LogP contribution in [-0.4, -0.2) is 73.4 Å². The Balaban J connectivity index is 4.26. The van der Waals surface area contributed by atoms with Gasteiger partial charge >= 0.3 is 7.82 Å². The van der Waals surface area contributed by atoms with Gasteiger partial charge in [0.05, 0.1) is 39.9 Å². The Bertz CT molecular complexity index is 1420. The minimum Gasteiger partial charge on any atom is -0.387 e. The molecule has 0 aliphatic heterocycles. The highest BCUT2D eigenvalue weighted by molar-refractivity contribution is 7.47. The van der Waals surface area contributed by atoms with Crippen molar-refractivity contribution < 1.29 is 32.9 Å². The van der Waals surface area contributed by atoms with Gasteiger partial charge in [-0.25, -0.2) is 4.57 Å². The molecule has 3 N–H and O–H groups in total. The van der Waals surface area contributed by atoms with E-state index in [1.54, 1.807) is 6.08 Å². The number of carbonyl (C=O) groups is 1. The molecule has 73 heavy (non-hydrogen) atoms. The Labute approximate surface area is 453 Å². The highest BCUT2D eigenvalue weighted by Gasteiger charge is 2.27. The second kappa shape index (κ2) is 54.7. The number of likely N-dealkylation sites (N-methyl/N-ethyl adjacent to an activating group) is 1. The first kappa shape index (κ1) is 70.9. The Hall–Kier alpha value is -2.06. The van der Waals surface area contributed by atoms with Gasteiger partial charge in [-0.15, -0.1) is 0 Å². The van der Waals surface area contributed by atoms with Crippen molar-refractivity contribution >= 4 is 13.7 Å². The van der Waals surface area contributed by atoms with Gasteiger partial charge in [-0.1, -0.05) is 260 Å². The summed E-state index contributed by atoms with van der Waals surface area (Å²) in [6.07, 6.45) is 76.0. The van der Waals surface area contributed by atoms with Gasteiger partial charge in [0.2, 0.25) is 5.91 Å². The number of hydrogen-bond donors (Lipinski definition) is 3. The summed E-state index contributed by atoms with van der Waals surface area (Å²) in [6.45, 7) is 4.78. The standard InChI is InChI=1S/C64H119N2O6P/c1-6-8-10-12-14-16-18-20-22-24-26-28-29-30-31-32-33-34-35-36-38-39-41-43-45-47-49-51-53-55-57-63(67)62(61-72-73(69,70)71-60-59-66(3,4)5)65-64(68)58-56-54-52-50-48-46-44-42-40-37-27-25-23-21-19-17-15-13-11-9-7-2/h19,21,25,27,39-42,47,49,55,57,62-63,67H,6-18,20,22-24,26,28-38,43-46,48,50-54,56,58-61H2,1-5H3,(H-,65,68,69,70)/p+1/b21-19-,27-25-,41-39+,42-40-,49-47+,57-55+. The molecule has 0 aliphatic carbocycles. The first-order valence-electron chi connectivity index (χ1n) is 30.8. The number of phosphoric ester groups is 1. The summed E-state index contributed by atoms with van der Waals surface area (Å²) in [6, 6.07) is -0.882. The first-order chi connectivity index (χ1) is 35.5. The summed E-state index contributed by atoms with van der Waals surface area (Å²) >= 11 is 0. The van der Waals surface area contributed by atoms with E-state index in [4.69, 9.17) is 9.05 Å². The fraction of sp³-hybridized carbons (Fsp3) is 0.797. The molecule has 3 unspecified atom stereocenters. The highest BCUT2D eigenvalue weighted by Crippen LogP contribution is 2.43.